The molecule has 0 atom stereocenters. The summed E-state index contributed by atoms with van der Waals surface area (Å²) in [5, 5.41) is 10.1. The van der Waals surface area contributed by atoms with Gasteiger partial charge < -0.3 is 0 Å². The summed E-state index contributed by atoms with van der Waals surface area (Å²) in [4.78, 5) is 0. The first kappa shape index (κ1) is 12.8. The first-order chi connectivity index (χ1) is 7.79. The van der Waals surface area contributed by atoms with Gasteiger partial charge >= 0.3 is 0 Å². The van der Waals surface area contributed by atoms with Crippen LogP contribution in [0.2, 0.25) is 0 Å². The lowest BCUT2D eigenvalue weighted by atomic mass is 10.1. The molecule has 16 heavy (non-hydrogen) atoms. The molecule has 0 aliphatic heterocycles. The molecule has 2 aromatic rings. The van der Waals surface area contributed by atoms with Crippen LogP contribution in [0.3, 0.4) is 0 Å². The first-order valence-electron chi connectivity index (χ1n) is 5.69. The zero-order valence-electron chi connectivity index (χ0n) is 10.3. The van der Waals surface area contributed by atoms with E-state index in [4.69, 9.17) is 0 Å². The Labute approximate surface area is 101 Å². The van der Waals surface area contributed by atoms with Crippen LogP contribution in [-0.4, -0.2) is 10.2 Å². The van der Waals surface area contributed by atoms with E-state index in [2.05, 4.69) is 41.4 Å². The Hall–Kier alpha value is -1.22. The first-order valence-corrected chi connectivity index (χ1v) is 6.50. The fourth-order valence-electron chi connectivity index (χ4n) is 1.30. The Kier molecular flexibility index (Phi) is 5.12. The number of aromatic nitrogens is 2. The van der Waals surface area contributed by atoms with Crippen LogP contribution in [0, 0.1) is 6.92 Å². The van der Waals surface area contributed by atoms with Gasteiger partial charge in [-0.1, -0.05) is 56.4 Å². The molecule has 0 bridgehead atoms. The van der Waals surface area contributed by atoms with E-state index in [0.717, 1.165) is 22.0 Å². The quantitative estimate of drug-likeness (QED) is 0.781. The van der Waals surface area contributed by atoms with Crippen LogP contribution in [0.15, 0.2) is 24.3 Å². The van der Waals surface area contributed by atoms with E-state index in [9.17, 15) is 0 Å². The van der Waals surface area contributed by atoms with E-state index in [1.807, 2.05) is 20.8 Å². The molecular formula is C13H18N2S. The number of rotatable bonds is 2. The molecule has 0 saturated carbocycles. The maximum absolute atomic E-state index is 4.11. The SMILES string of the molecule is CC.CCc1ccc(-c2nnc(C)s2)cc1. The molecule has 2 rings (SSSR count). The molecule has 0 aliphatic carbocycles. The number of hydrogen-bond donors (Lipinski definition) is 0. The van der Waals surface area contributed by atoms with Crippen molar-refractivity contribution in [2.75, 3.05) is 0 Å². The number of benzene rings is 1. The van der Waals surface area contributed by atoms with Gasteiger partial charge in [-0.25, -0.2) is 0 Å². The van der Waals surface area contributed by atoms with Crippen molar-refractivity contribution >= 4 is 11.3 Å². The van der Waals surface area contributed by atoms with Gasteiger partial charge in [0.05, 0.1) is 0 Å². The Morgan fingerprint density at radius 2 is 1.69 bits per heavy atom. The second-order valence-corrected chi connectivity index (χ2v) is 4.36. The Balaban J connectivity index is 0.000000606. The molecule has 0 fully saturated rings. The third kappa shape index (κ3) is 3.14. The summed E-state index contributed by atoms with van der Waals surface area (Å²) < 4.78 is 0. The largest absolute Gasteiger partial charge is 0.147 e. The lowest BCUT2D eigenvalue weighted by Crippen LogP contribution is -1.80. The molecule has 0 spiro atoms. The van der Waals surface area contributed by atoms with E-state index >= 15 is 0 Å². The molecule has 3 heteroatoms. The van der Waals surface area contributed by atoms with Crippen molar-refractivity contribution in [2.45, 2.75) is 34.1 Å². The van der Waals surface area contributed by atoms with Crippen LogP contribution in [-0.2, 0) is 6.42 Å². The second-order valence-electron chi connectivity index (χ2n) is 3.18. The fourth-order valence-corrected chi connectivity index (χ4v) is 1.99. The molecule has 1 aromatic carbocycles. The summed E-state index contributed by atoms with van der Waals surface area (Å²) in [7, 11) is 0. The Morgan fingerprint density at radius 1 is 1.06 bits per heavy atom. The van der Waals surface area contributed by atoms with Crippen molar-refractivity contribution in [3.05, 3.63) is 34.8 Å². The summed E-state index contributed by atoms with van der Waals surface area (Å²) in [6.07, 6.45) is 1.08. The van der Waals surface area contributed by atoms with E-state index in [-0.39, 0.29) is 0 Å². The molecule has 1 heterocycles. The van der Waals surface area contributed by atoms with Crippen LogP contribution >= 0.6 is 11.3 Å². The zero-order valence-corrected chi connectivity index (χ0v) is 11.1. The summed E-state index contributed by atoms with van der Waals surface area (Å²) in [6.45, 7) is 8.13. The van der Waals surface area contributed by atoms with Crippen molar-refractivity contribution in [1.29, 1.82) is 0 Å². The molecule has 0 N–H and O–H groups in total. The van der Waals surface area contributed by atoms with E-state index in [1.54, 1.807) is 11.3 Å². The van der Waals surface area contributed by atoms with Gasteiger partial charge in [0.1, 0.15) is 10.0 Å². The van der Waals surface area contributed by atoms with Crippen molar-refractivity contribution in [2.24, 2.45) is 0 Å². The zero-order chi connectivity index (χ0) is 12.0. The van der Waals surface area contributed by atoms with Gasteiger partial charge in [-0.05, 0) is 18.9 Å². The maximum Gasteiger partial charge on any atom is 0.147 e. The molecule has 2 nitrogen and oxygen atoms in total. The molecule has 86 valence electrons. The number of aryl methyl sites for hydroxylation is 2. The topological polar surface area (TPSA) is 25.8 Å². The van der Waals surface area contributed by atoms with Gasteiger partial charge in [-0.2, -0.15) is 0 Å². The molecule has 1 aromatic heterocycles. The average molecular weight is 234 g/mol. The highest BCUT2D eigenvalue weighted by Crippen LogP contribution is 2.23. The van der Waals surface area contributed by atoms with Gasteiger partial charge in [-0.3, -0.25) is 0 Å². The van der Waals surface area contributed by atoms with Crippen LogP contribution in [0.5, 0.6) is 0 Å². The summed E-state index contributed by atoms with van der Waals surface area (Å²) >= 11 is 1.63. The van der Waals surface area contributed by atoms with E-state index < -0.39 is 0 Å². The van der Waals surface area contributed by atoms with Crippen LogP contribution in [0.1, 0.15) is 31.3 Å². The van der Waals surface area contributed by atoms with Crippen molar-refractivity contribution in [3.63, 3.8) is 0 Å². The Morgan fingerprint density at radius 3 is 2.12 bits per heavy atom. The Bertz CT molecular complexity index is 418. The van der Waals surface area contributed by atoms with E-state index in [1.165, 1.54) is 5.56 Å². The minimum Gasteiger partial charge on any atom is -0.143 e. The van der Waals surface area contributed by atoms with Gasteiger partial charge in [0.15, 0.2) is 0 Å². The summed E-state index contributed by atoms with van der Waals surface area (Å²) in [5.74, 6) is 0. The number of hydrogen-bond acceptors (Lipinski definition) is 3. The lowest BCUT2D eigenvalue weighted by Gasteiger charge is -1.97. The highest BCUT2D eigenvalue weighted by molar-refractivity contribution is 7.14. The third-order valence-corrected chi connectivity index (χ3v) is 3.02. The standard InChI is InChI=1S/C11H12N2S.C2H6/c1-3-9-4-6-10(7-5-9)11-13-12-8(2)14-11;1-2/h4-7H,3H2,1-2H3;1-2H3. The van der Waals surface area contributed by atoms with Crippen LogP contribution < -0.4 is 0 Å². The van der Waals surface area contributed by atoms with Crippen LogP contribution in [0.4, 0.5) is 0 Å². The average Bonchev–Trinajstić information content (AvgIpc) is 2.79. The smallest absolute Gasteiger partial charge is 0.143 e. The normalized spacial score (nSPS) is 9.50. The van der Waals surface area contributed by atoms with Gasteiger partial charge in [0, 0.05) is 5.56 Å². The van der Waals surface area contributed by atoms with Crippen molar-refractivity contribution in [1.82, 2.24) is 10.2 Å². The molecule has 0 unspecified atom stereocenters. The lowest BCUT2D eigenvalue weighted by molar-refractivity contribution is 1.05. The predicted molar refractivity (Wildman–Crippen MR) is 70.8 cm³/mol. The molecule has 0 amide bonds. The molecule has 0 saturated heterocycles. The highest BCUT2D eigenvalue weighted by atomic mass is 32.1. The summed E-state index contributed by atoms with van der Waals surface area (Å²) in [5.41, 5.74) is 2.52. The maximum atomic E-state index is 4.11. The number of nitrogens with zero attached hydrogens (tertiary/aromatic N) is 2. The molecule has 0 aliphatic rings. The summed E-state index contributed by atoms with van der Waals surface area (Å²) in [6, 6.07) is 8.51. The second kappa shape index (κ2) is 6.38. The monoisotopic (exact) mass is 234 g/mol. The highest BCUT2D eigenvalue weighted by Gasteiger charge is 2.02. The third-order valence-electron chi connectivity index (χ3n) is 2.14. The molecule has 0 radical (unpaired) electrons. The van der Waals surface area contributed by atoms with Gasteiger partial charge in [-0.15, -0.1) is 10.2 Å². The van der Waals surface area contributed by atoms with Crippen molar-refractivity contribution in [3.8, 4) is 10.6 Å². The van der Waals surface area contributed by atoms with Crippen LogP contribution in [0.25, 0.3) is 10.6 Å². The minimum absolute atomic E-state index is 1.00. The predicted octanol–water partition coefficient (Wildman–Crippen LogP) is 4.10. The molecular weight excluding hydrogens is 216 g/mol. The van der Waals surface area contributed by atoms with Gasteiger partial charge in [0.25, 0.3) is 0 Å². The minimum atomic E-state index is 1.00. The van der Waals surface area contributed by atoms with Gasteiger partial charge in [0.2, 0.25) is 0 Å². The fraction of sp³-hybridized carbons (Fsp3) is 0.385. The van der Waals surface area contributed by atoms with E-state index in [0.29, 0.717) is 0 Å². The van der Waals surface area contributed by atoms with Crippen molar-refractivity contribution < 1.29 is 0 Å².